The first kappa shape index (κ1) is 11.2. The molecule has 0 aliphatic rings. The Hall–Kier alpha value is -0.840. The minimum absolute atomic E-state index is 0.00211. The van der Waals surface area contributed by atoms with Crippen LogP contribution in [0.2, 0.25) is 5.02 Å². The number of aromatic nitrogens is 2. The molecule has 1 aromatic rings. The average molecular weight is 225 g/mol. The summed E-state index contributed by atoms with van der Waals surface area (Å²) in [5, 5.41) is 6.11. The zero-order chi connectivity index (χ0) is 10.9. The Morgan fingerprint density at radius 3 is 2.21 bits per heavy atom. The third kappa shape index (κ3) is 2.35. The lowest BCUT2D eigenvalue weighted by Crippen LogP contribution is -2.11. The molecule has 1 aromatic heterocycles. The van der Waals surface area contributed by atoms with Crippen LogP contribution in [0, 0.1) is 0 Å². The molecule has 0 spiro atoms. The maximum absolute atomic E-state index is 12.2. The van der Waals surface area contributed by atoms with E-state index in [4.69, 9.17) is 11.6 Å². The molecule has 1 rings (SSSR count). The van der Waals surface area contributed by atoms with Gasteiger partial charge in [0.1, 0.15) is 0 Å². The fourth-order valence-electron chi connectivity index (χ4n) is 0.857. The van der Waals surface area contributed by atoms with E-state index in [1.165, 1.54) is 6.07 Å². The van der Waals surface area contributed by atoms with Crippen LogP contribution >= 0.6 is 11.6 Å². The molecule has 1 heterocycles. The minimum atomic E-state index is -4.54. The average Bonchev–Trinajstić information content (AvgIpc) is 2.01. The lowest BCUT2D eigenvalue weighted by Gasteiger charge is -2.09. The summed E-state index contributed by atoms with van der Waals surface area (Å²) in [6.45, 7) is 3.60. The van der Waals surface area contributed by atoms with E-state index in [0.717, 1.165) is 0 Å². The van der Waals surface area contributed by atoms with Crippen molar-refractivity contribution in [2.75, 3.05) is 0 Å². The highest BCUT2D eigenvalue weighted by Gasteiger charge is 2.36. The molecule has 0 unspecified atom stereocenters. The molecule has 0 bridgehead atoms. The van der Waals surface area contributed by atoms with Crippen LogP contribution in [0.3, 0.4) is 0 Å². The third-order valence-electron chi connectivity index (χ3n) is 1.63. The summed E-state index contributed by atoms with van der Waals surface area (Å²) in [5.74, 6) is 0.00211. The summed E-state index contributed by atoms with van der Waals surface area (Å²) in [6.07, 6.45) is -4.54. The number of hydrogen-bond donors (Lipinski definition) is 0. The van der Waals surface area contributed by atoms with E-state index >= 15 is 0 Å². The van der Waals surface area contributed by atoms with Crippen molar-refractivity contribution in [1.82, 2.24) is 10.2 Å². The smallest absolute Gasteiger partial charge is 0.164 e. The Balaban J connectivity index is 3.15. The molecule has 0 atom stereocenters. The van der Waals surface area contributed by atoms with Gasteiger partial charge in [0.2, 0.25) is 0 Å². The molecule has 2 nitrogen and oxygen atoms in total. The van der Waals surface area contributed by atoms with E-state index in [2.05, 4.69) is 10.2 Å². The Morgan fingerprint density at radius 1 is 1.29 bits per heavy atom. The number of rotatable bonds is 1. The van der Waals surface area contributed by atoms with Crippen LogP contribution in [-0.2, 0) is 6.18 Å². The van der Waals surface area contributed by atoms with Crippen molar-refractivity contribution in [3.63, 3.8) is 0 Å². The molecule has 6 heteroatoms. The van der Waals surface area contributed by atoms with Gasteiger partial charge in [-0.3, -0.25) is 0 Å². The van der Waals surface area contributed by atoms with Crippen LogP contribution in [0.1, 0.15) is 31.2 Å². The van der Waals surface area contributed by atoms with Gasteiger partial charge in [-0.05, 0) is 12.0 Å². The number of halogens is 4. The van der Waals surface area contributed by atoms with E-state index in [1.807, 2.05) is 0 Å². The minimum Gasteiger partial charge on any atom is -0.164 e. The van der Waals surface area contributed by atoms with Crippen LogP contribution in [0.15, 0.2) is 6.07 Å². The summed E-state index contributed by atoms with van der Waals surface area (Å²) in [6, 6.07) is 1.20. The predicted molar refractivity (Wildman–Crippen MR) is 46.1 cm³/mol. The van der Waals surface area contributed by atoms with Crippen molar-refractivity contribution < 1.29 is 13.2 Å². The number of nitrogens with zero attached hydrogens (tertiary/aromatic N) is 2. The topological polar surface area (TPSA) is 25.8 Å². The lowest BCUT2D eigenvalue weighted by molar-refractivity contribution is -0.141. The van der Waals surface area contributed by atoms with Crippen molar-refractivity contribution in [3.05, 3.63) is 22.5 Å². The lowest BCUT2D eigenvalue weighted by atomic mass is 10.1. The van der Waals surface area contributed by atoms with E-state index in [0.29, 0.717) is 5.69 Å². The predicted octanol–water partition coefficient (Wildman–Crippen LogP) is 3.27. The van der Waals surface area contributed by atoms with Gasteiger partial charge in [-0.1, -0.05) is 25.4 Å². The van der Waals surface area contributed by atoms with Gasteiger partial charge in [-0.2, -0.15) is 18.3 Å². The molecule has 78 valence electrons. The summed E-state index contributed by atoms with van der Waals surface area (Å²) >= 11 is 5.44. The molecule has 0 saturated heterocycles. The second-order valence-electron chi connectivity index (χ2n) is 3.12. The summed E-state index contributed by atoms with van der Waals surface area (Å²) in [7, 11) is 0. The Morgan fingerprint density at radius 2 is 1.86 bits per heavy atom. The fraction of sp³-hybridized carbons (Fsp3) is 0.500. The molecular formula is C8H8ClF3N2. The van der Waals surface area contributed by atoms with Gasteiger partial charge in [0.05, 0.1) is 10.7 Å². The van der Waals surface area contributed by atoms with Crippen LogP contribution < -0.4 is 0 Å². The summed E-state index contributed by atoms with van der Waals surface area (Å²) < 4.78 is 36.6. The van der Waals surface area contributed by atoms with Crippen molar-refractivity contribution in [3.8, 4) is 0 Å². The van der Waals surface area contributed by atoms with E-state index in [1.54, 1.807) is 13.8 Å². The maximum atomic E-state index is 12.2. The molecular weight excluding hydrogens is 217 g/mol. The Bertz CT molecular complexity index is 336. The normalized spacial score (nSPS) is 12.2. The van der Waals surface area contributed by atoms with Gasteiger partial charge >= 0.3 is 6.18 Å². The first-order chi connectivity index (χ1) is 6.32. The van der Waals surface area contributed by atoms with Gasteiger partial charge in [0, 0.05) is 0 Å². The summed E-state index contributed by atoms with van der Waals surface area (Å²) in [5.41, 5.74) is -0.688. The molecule has 14 heavy (non-hydrogen) atoms. The molecule has 0 amide bonds. The van der Waals surface area contributed by atoms with Crippen molar-refractivity contribution in [2.24, 2.45) is 0 Å². The first-order valence-electron chi connectivity index (χ1n) is 3.92. The second kappa shape index (κ2) is 3.73. The number of alkyl halides is 3. The summed E-state index contributed by atoms with van der Waals surface area (Å²) in [4.78, 5) is 0. The maximum Gasteiger partial charge on any atom is 0.436 e. The van der Waals surface area contributed by atoms with Gasteiger partial charge in [-0.25, -0.2) is 0 Å². The SMILES string of the molecule is CC(C)c1cc(Cl)c(C(F)(F)F)nn1. The molecule has 0 aliphatic heterocycles. The highest BCUT2D eigenvalue weighted by Crippen LogP contribution is 2.33. The third-order valence-corrected chi connectivity index (χ3v) is 1.91. The highest BCUT2D eigenvalue weighted by atomic mass is 35.5. The molecule has 0 N–H and O–H groups in total. The van der Waals surface area contributed by atoms with Gasteiger partial charge in [0.15, 0.2) is 5.69 Å². The fourth-order valence-corrected chi connectivity index (χ4v) is 1.11. The Labute approximate surface area is 84.1 Å². The van der Waals surface area contributed by atoms with Crippen molar-refractivity contribution in [2.45, 2.75) is 25.9 Å². The largest absolute Gasteiger partial charge is 0.436 e. The number of hydrogen-bond acceptors (Lipinski definition) is 2. The first-order valence-corrected chi connectivity index (χ1v) is 4.30. The monoisotopic (exact) mass is 224 g/mol. The van der Waals surface area contributed by atoms with Gasteiger partial charge < -0.3 is 0 Å². The van der Waals surface area contributed by atoms with Crippen LogP contribution in [0.25, 0.3) is 0 Å². The standard InChI is InChI=1S/C8H8ClF3N2/c1-4(2)6-3-5(9)7(14-13-6)8(10,11)12/h3-4H,1-2H3. The highest BCUT2D eigenvalue weighted by molar-refractivity contribution is 6.31. The van der Waals surface area contributed by atoms with Crippen LogP contribution in [0.5, 0.6) is 0 Å². The van der Waals surface area contributed by atoms with E-state index in [-0.39, 0.29) is 5.92 Å². The molecule has 0 aromatic carbocycles. The second-order valence-corrected chi connectivity index (χ2v) is 3.53. The zero-order valence-corrected chi connectivity index (χ0v) is 8.32. The molecule has 0 aliphatic carbocycles. The molecule has 0 saturated carbocycles. The van der Waals surface area contributed by atoms with Gasteiger partial charge in [0.25, 0.3) is 0 Å². The van der Waals surface area contributed by atoms with Crippen molar-refractivity contribution >= 4 is 11.6 Å². The Kier molecular flexibility index (Phi) is 2.99. The van der Waals surface area contributed by atoms with Crippen molar-refractivity contribution in [1.29, 1.82) is 0 Å². The van der Waals surface area contributed by atoms with Gasteiger partial charge in [-0.15, -0.1) is 5.10 Å². The molecule has 0 fully saturated rings. The zero-order valence-electron chi connectivity index (χ0n) is 7.56. The molecule has 0 radical (unpaired) electrons. The van der Waals surface area contributed by atoms with E-state index in [9.17, 15) is 13.2 Å². The van der Waals surface area contributed by atoms with E-state index < -0.39 is 16.9 Å². The quantitative estimate of drug-likeness (QED) is 0.732. The van der Waals surface area contributed by atoms with Crippen LogP contribution in [-0.4, -0.2) is 10.2 Å². The van der Waals surface area contributed by atoms with Crippen LogP contribution in [0.4, 0.5) is 13.2 Å².